The lowest BCUT2D eigenvalue weighted by atomic mass is 10.1. The minimum absolute atomic E-state index is 0.114. The molecule has 3 rings (SSSR count). The smallest absolute Gasteiger partial charge is 0.258 e. The average Bonchev–Trinajstić information content (AvgIpc) is 2.61. The van der Waals surface area contributed by atoms with Crippen LogP contribution in [0.1, 0.15) is 16.8 Å². The van der Waals surface area contributed by atoms with Crippen molar-refractivity contribution in [2.45, 2.75) is 13.8 Å². The van der Waals surface area contributed by atoms with E-state index in [0.717, 1.165) is 22.2 Å². The molecule has 0 amide bonds. The number of hydrogen-bond donors (Lipinski definition) is 1. The van der Waals surface area contributed by atoms with E-state index in [1.807, 2.05) is 32.0 Å². The van der Waals surface area contributed by atoms with Gasteiger partial charge in [0.2, 0.25) is 0 Å². The molecule has 3 aromatic rings. The summed E-state index contributed by atoms with van der Waals surface area (Å²) in [5, 5.41) is 10.1. The Labute approximate surface area is 103 Å². The molecule has 4 heteroatoms. The molecule has 0 unspecified atom stereocenters. The van der Waals surface area contributed by atoms with E-state index in [2.05, 4.69) is 11.1 Å². The fourth-order valence-electron chi connectivity index (χ4n) is 2.34. The maximum atomic E-state index is 12.1. The first kappa shape index (κ1) is 10.6. The molecular weight excluding hydrogens is 226 g/mol. The van der Waals surface area contributed by atoms with Gasteiger partial charge in [-0.2, -0.15) is 5.26 Å². The van der Waals surface area contributed by atoms with Crippen molar-refractivity contribution >= 4 is 16.6 Å². The summed E-state index contributed by atoms with van der Waals surface area (Å²) >= 11 is 0. The predicted octanol–water partition coefficient (Wildman–Crippen LogP) is 2.27. The number of hydrogen-bond acceptors (Lipinski definition) is 2. The Kier molecular flexibility index (Phi) is 2.05. The van der Waals surface area contributed by atoms with Crippen LogP contribution in [-0.2, 0) is 0 Å². The highest BCUT2D eigenvalue weighted by Crippen LogP contribution is 2.24. The first-order valence-electron chi connectivity index (χ1n) is 5.66. The minimum atomic E-state index is -0.114. The van der Waals surface area contributed by atoms with E-state index in [9.17, 15) is 10.1 Å². The van der Waals surface area contributed by atoms with Gasteiger partial charge in [-0.1, -0.05) is 11.6 Å². The van der Waals surface area contributed by atoms with Crippen molar-refractivity contribution in [1.82, 2.24) is 9.38 Å². The van der Waals surface area contributed by atoms with Gasteiger partial charge in [0.1, 0.15) is 17.3 Å². The van der Waals surface area contributed by atoms with E-state index in [0.29, 0.717) is 11.2 Å². The molecule has 88 valence electrons. The molecule has 4 nitrogen and oxygen atoms in total. The molecular formula is C14H11N3O. The highest BCUT2D eigenvalue weighted by Gasteiger charge is 2.14. The summed E-state index contributed by atoms with van der Waals surface area (Å²) < 4.78 is 1.56. The quantitative estimate of drug-likeness (QED) is 0.652. The Morgan fingerprint density at radius 1 is 1.28 bits per heavy atom. The number of aromatic nitrogens is 2. The monoisotopic (exact) mass is 237 g/mol. The molecule has 0 radical (unpaired) electrons. The molecule has 0 aliphatic rings. The van der Waals surface area contributed by atoms with Gasteiger partial charge in [-0.05, 0) is 26.0 Å². The molecule has 18 heavy (non-hydrogen) atoms. The lowest BCUT2D eigenvalue weighted by Crippen LogP contribution is -2.13. The van der Waals surface area contributed by atoms with Gasteiger partial charge in [-0.15, -0.1) is 0 Å². The number of aromatic amines is 1. The van der Waals surface area contributed by atoms with Crippen molar-refractivity contribution in [3.8, 4) is 6.07 Å². The summed E-state index contributed by atoms with van der Waals surface area (Å²) in [6.45, 7) is 3.78. The Bertz CT molecular complexity index is 878. The van der Waals surface area contributed by atoms with Gasteiger partial charge in [0.25, 0.3) is 5.56 Å². The number of nitriles is 1. The molecule has 2 aromatic heterocycles. The van der Waals surface area contributed by atoms with Crippen molar-refractivity contribution in [2.24, 2.45) is 0 Å². The molecule has 1 N–H and O–H groups in total. The maximum Gasteiger partial charge on any atom is 0.258 e. The number of nitrogens with one attached hydrogen (secondary N) is 1. The largest absolute Gasteiger partial charge is 0.344 e. The summed E-state index contributed by atoms with van der Waals surface area (Å²) in [6.07, 6.45) is 0. The molecule has 0 bridgehead atoms. The van der Waals surface area contributed by atoms with Crippen molar-refractivity contribution in [3.05, 3.63) is 51.4 Å². The highest BCUT2D eigenvalue weighted by atomic mass is 16.1. The molecule has 0 atom stereocenters. The van der Waals surface area contributed by atoms with Gasteiger partial charge < -0.3 is 4.98 Å². The van der Waals surface area contributed by atoms with Crippen LogP contribution < -0.4 is 5.56 Å². The summed E-state index contributed by atoms with van der Waals surface area (Å²) in [7, 11) is 0. The van der Waals surface area contributed by atoms with Gasteiger partial charge in [0.05, 0.1) is 5.52 Å². The number of benzene rings is 1. The predicted molar refractivity (Wildman–Crippen MR) is 69.7 cm³/mol. The number of rotatable bonds is 0. The number of nitrogens with zero attached hydrogens (tertiary/aromatic N) is 2. The van der Waals surface area contributed by atoms with Crippen LogP contribution in [0.3, 0.4) is 0 Å². The molecule has 0 spiro atoms. The van der Waals surface area contributed by atoms with Crippen LogP contribution in [0.5, 0.6) is 0 Å². The molecule has 2 heterocycles. The Balaban J connectivity index is 2.71. The van der Waals surface area contributed by atoms with E-state index in [-0.39, 0.29) is 5.56 Å². The van der Waals surface area contributed by atoms with E-state index >= 15 is 0 Å². The van der Waals surface area contributed by atoms with Crippen LogP contribution in [0.25, 0.3) is 16.6 Å². The first-order chi connectivity index (χ1) is 8.61. The number of fused-ring (bicyclic) bond motifs is 3. The van der Waals surface area contributed by atoms with Crippen LogP contribution in [0.2, 0.25) is 0 Å². The van der Waals surface area contributed by atoms with Crippen molar-refractivity contribution in [3.63, 3.8) is 0 Å². The van der Waals surface area contributed by atoms with Gasteiger partial charge in [-0.3, -0.25) is 9.20 Å². The van der Waals surface area contributed by atoms with Crippen LogP contribution >= 0.6 is 0 Å². The van der Waals surface area contributed by atoms with Crippen LogP contribution in [0, 0.1) is 25.2 Å². The van der Waals surface area contributed by atoms with Gasteiger partial charge in [0, 0.05) is 17.1 Å². The topological polar surface area (TPSA) is 61.1 Å². The maximum absolute atomic E-state index is 12.1. The average molecular weight is 237 g/mol. The highest BCUT2D eigenvalue weighted by molar-refractivity contribution is 5.94. The standard InChI is InChI=1S/C14H11N3O/c1-8-3-4-12-10(5-8)11(7-15)14-16-9(2)6-13(18)17(12)14/h3-6,16H,1-2H3. The molecule has 1 aromatic carbocycles. The fraction of sp³-hybridized carbons (Fsp3) is 0.143. The second-order valence-electron chi connectivity index (χ2n) is 4.48. The summed E-state index contributed by atoms with van der Waals surface area (Å²) in [5.41, 5.74) is 3.57. The summed E-state index contributed by atoms with van der Waals surface area (Å²) in [5.74, 6) is 0. The third-order valence-electron chi connectivity index (χ3n) is 3.11. The molecule has 0 aliphatic carbocycles. The van der Waals surface area contributed by atoms with E-state index in [1.54, 1.807) is 4.40 Å². The normalized spacial score (nSPS) is 10.9. The first-order valence-corrected chi connectivity index (χ1v) is 5.66. The minimum Gasteiger partial charge on any atom is -0.344 e. The van der Waals surface area contributed by atoms with Crippen LogP contribution in [0.4, 0.5) is 0 Å². The van der Waals surface area contributed by atoms with Gasteiger partial charge in [-0.25, -0.2) is 0 Å². The van der Waals surface area contributed by atoms with E-state index in [4.69, 9.17) is 0 Å². The lowest BCUT2D eigenvalue weighted by Gasteiger charge is -1.98. The van der Waals surface area contributed by atoms with Crippen LogP contribution in [-0.4, -0.2) is 9.38 Å². The molecule has 0 aliphatic heterocycles. The van der Waals surface area contributed by atoms with Crippen molar-refractivity contribution in [1.29, 1.82) is 5.26 Å². The van der Waals surface area contributed by atoms with E-state index in [1.165, 1.54) is 6.07 Å². The zero-order valence-corrected chi connectivity index (χ0v) is 10.1. The van der Waals surface area contributed by atoms with E-state index < -0.39 is 0 Å². The number of aryl methyl sites for hydroxylation is 2. The Hall–Kier alpha value is -2.54. The number of H-pyrrole nitrogens is 1. The second-order valence-corrected chi connectivity index (χ2v) is 4.48. The third kappa shape index (κ3) is 1.28. The second kappa shape index (κ2) is 3.47. The Morgan fingerprint density at radius 2 is 2.06 bits per heavy atom. The molecule has 0 saturated heterocycles. The van der Waals surface area contributed by atoms with Crippen LogP contribution in [0.15, 0.2) is 29.1 Å². The zero-order valence-electron chi connectivity index (χ0n) is 10.1. The lowest BCUT2D eigenvalue weighted by molar-refractivity contribution is 1.06. The summed E-state index contributed by atoms with van der Waals surface area (Å²) in [6, 6.07) is 9.47. The zero-order chi connectivity index (χ0) is 12.9. The van der Waals surface area contributed by atoms with Crippen molar-refractivity contribution < 1.29 is 0 Å². The SMILES string of the molecule is Cc1ccc2c(c1)c(C#N)c1[nH]c(C)cc(=O)n12. The molecule has 0 fully saturated rings. The third-order valence-corrected chi connectivity index (χ3v) is 3.11. The summed E-state index contributed by atoms with van der Waals surface area (Å²) in [4.78, 5) is 15.2. The van der Waals surface area contributed by atoms with Crippen molar-refractivity contribution in [2.75, 3.05) is 0 Å². The molecule has 0 saturated carbocycles. The Morgan fingerprint density at radius 3 is 2.78 bits per heavy atom. The van der Waals surface area contributed by atoms with Gasteiger partial charge in [0.15, 0.2) is 0 Å². The van der Waals surface area contributed by atoms with Gasteiger partial charge >= 0.3 is 0 Å². The fourth-order valence-corrected chi connectivity index (χ4v) is 2.34.